The van der Waals surface area contributed by atoms with E-state index in [0.29, 0.717) is 11.7 Å². The Morgan fingerprint density at radius 1 is 0.667 bits per heavy atom. The minimum atomic E-state index is 0.385. The van der Waals surface area contributed by atoms with Crippen LogP contribution in [0.15, 0.2) is 24.3 Å². The number of hydrogen-bond donors (Lipinski definition) is 1. The lowest BCUT2D eigenvalue weighted by Gasteiger charge is -2.17. The van der Waals surface area contributed by atoms with Crippen molar-refractivity contribution in [1.82, 2.24) is 0 Å². The Balaban J connectivity index is 1.96. The fourth-order valence-corrected chi connectivity index (χ4v) is 3.07. The fourth-order valence-electron chi connectivity index (χ4n) is 3.07. The van der Waals surface area contributed by atoms with Crippen LogP contribution in [-0.2, 0) is 0 Å². The highest BCUT2D eigenvalue weighted by Gasteiger charge is 2.12. The van der Waals surface area contributed by atoms with Gasteiger partial charge in [0.1, 0.15) is 5.75 Å². The van der Waals surface area contributed by atoms with Crippen molar-refractivity contribution in [1.29, 1.82) is 0 Å². The van der Waals surface area contributed by atoms with Gasteiger partial charge in [0.2, 0.25) is 0 Å². The zero-order chi connectivity index (χ0) is 12.6. The van der Waals surface area contributed by atoms with Crippen molar-refractivity contribution < 1.29 is 5.11 Å². The van der Waals surface area contributed by atoms with E-state index < -0.39 is 0 Å². The standard InChI is InChI=1S/C17H26O/c18-17-13-11-16(12-14-17)15-9-7-5-3-1-2-4-6-8-10-15/h11-15,18H,1-10H2. The summed E-state index contributed by atoms with van der Waals surface area (Å²) < 4.78 is 0. The van der Waals surface area contributed by atoms with Crippen LogP contribution in [0.4, 0.5) is 0 Å². The van der Waals surface area contributed by atoms with Crippen molar-refractivity contribution in [3.63, 3.8) is 0 Å². The molecule has 0 unspecified atom stereocenters. The average molecular weight is 246 g/mol. The van der Waals surface area contributed by atoms with E-state index in [4.69, 9.17) is 0 Å². The van der Waals surface area contributed by atoms with Crippen molar-refractivity contribution in [2.45, 2.75) is 70.1 Å². The Morgan fingerprint density at radius 3 is 1.61 bits per heavy atom. The summed E-state index contributed by atoms with van der Waals surface area (Å²) in [4.78, 5) is 0. The quantitative estimate of drug-likeness (QED) is 0.704. The van der Waals surface area contributed by atoms with Crippen molar-refractivity contribution in [2.24, 2.45) is 0 Å². The number of aromatic hydroxyl groups is 1. The molecule has 0 radical (unpaired) electrons. The van der Waals surface area contributed by atoms with Gasteiger partial charge >= 0.3 is 0 Å². The van der Waals surface area contributed by atoms with E-state index in [2.05, 4.69) is 12.1 Å². The van der Waals surface area contributed by atoms with E-state index in [1.807, 2.05) is 12.1 Å². The second-order valence-electron chi connectivity index (χ2n) is 5.69. The van der Waals surface area contributed by atoms with E-state index >= 15 is 0 Å². The lowest BCUT2D eigenvalue weighted by molar-refractivity contribution is 0.473. The van der Waals surface area contributed by atoms with Gasteiger partial charge in [-0.3, -0.25) is 0 Å². The number of rotatable bonds is 1. The van der Waals surface area contributed by atoms with Gasteiger partial charge < -0.3 is 5.11 Å². The molecule has 18 heavy (non-hydrogen) atoms. The summed E-state index contributed by atoms with van der Waals surface area (Å²) in [5.41, 5.74) is 1.42. The predicted octanol–water partition coefficient (Wildman–Crippen LogP) is 5.39. The van der Waals surface area contributed by atoms with Crippen molar-refractivity contribution in [2.75, 3.05) is 0 Å². The molecular formula is C17H26O. The molecule has 0 amide bonds. The van der Waals surface area contributed by atoms with Crippen LogP contribution in [0.25, 0.3) is 0 Å². The van der Waals surface area contributed by atoms with Gasteiger partial charge in [-0.25, -0.2) is 0 Å². The molecule has 1 aliphatic carbocycles. The average Bonchev–Trinajstić information content (AvgIpc) is 2.45. The molecule has 1 heteroatoms. The van der Waals surface area contributed by atoms with E-state index in [-0.39, 0.29) is 0 Å². The third-order valence-electron chi connectivity index (χ3n) is 4.22. The van der Waals surface area contributed by atoms with Crippen LogP contribution in [0.1, 0.15) is 75.7 Å². The summed E-state index contributed by atoms with van der Waals surface area (Å²) in [7, 11) is 0. The molecule has 0 bridgehead atoms. The van der Waals surface area contributed by atoms with Gasteiger partial charge in [-0.15, -0.1) is 0 Å². The van der Waals surface area contributed by atoms with Crippen molar-refractivity contribution in [3.8, 4) is 5.75 Å². The molecule has 1 fully saturated rings. The highest BCUT2D eigenvalue weighted by Crippen LogP contribution is 2.30. The molecule has 1 N–H and O–H groups in total. The number of hydrogen-bond acceptors (Lipinski definition) is 1. The molecule has 0 heterocycles. The molecule has 1 saturated carbocycles. The molecule has 0 spiro atoms. The van der Waals surface area contributed by atoms with Gasteiger partial charge in [0.25, 0.3) is 0 Å². The Labute approximate surface area is 111 Å². The van der Waals surface area contributed by atoms with Crippen LogP contribution in [0.2, 0.25) is 0 Å². The summed E-state index contributed by atoms with van der Waals surface area (Å²) in [5.74, 6) is 1.10. The number of phenolic OH excluding ortho intramolecular Hbond substituents is 1. The van der Waals surface area contributed by atoms with Crippen LogP contribution in [0, 0.1) is 0 Å². The normalized spacial score (nSPS) is 20.2. The third-order valence-corrected chi connectivity index (χ3v) is 4.22. The minimum Gasteiger partial charge on any atom is -0.508 e. The molecule has 0 aliphatic heterocycles. The van der Waals surface area contributed by atoms with E-state index in [9.17, 15) is 5.11 Å². The molecule has 2 rings (SSSR count). The molecule has 0 aromatic heterocycles. The Kier molecular flexibility index (Phi) is 5.57. The van der Waals surface area contributed by atoms with E-state index in [0.717, 1.165) is 0 Å². The summed E-state index contributed by atoms with van der Waals surface area (Å²) in [6.07, 6.45) is 13.9. The van der Waals surface area contributed by atoms with E-state index in [1.54, 1.807) is 0 Å². The highest BCUT2D eigenvalue weighted by atomic mass is 16.3. The Hall–Kier alpha value is -0.980. The van der Waals surface area contributed by atoms with Crippen LogP contribution < -0.4 is 0 Å². The molecule has 1 aromatic carbocycles. The first kappa shape index (κ1) is 13.5. The second-order valence-corrected chi connectivity index (χ2v) is 5.69. The summed E-state index contributed by atoms with van der Waals surface area (Å²) >= 11 is 0. The summed E-state index contributed by atoms with van der Waals surface area (Å²) in [5, 5.41) is 9.37. The monoisotopic (exact) mass is 246 g/mol. The van der Waals surface area contributed by atoms with E-state index in [1.165, 1.54) is 69.8 Å². The number of phenols is 1. The number of benzene rings is 1. The first-order valence-corrected chi connectivity index (χ1v) is 7.65. The Bertz CT molecular complexity index is 316. The van der Waals surface area contributed by atoms with Crippen LogP contribution in [-0.4, -0.2) is 5.11 Å². The predicted molar refractivity (Wildman–Crippen MR) is 77.0 cm³/mol. The van der Waals surface area contributed by atoms with Gasteiger partial charge in [-0.2, -0.15) is 0 Å². The van der Waals surface area contributed by atoms with Gasteiger partial charge in [-0.05, 0) is 36.5 Å². The lowest BCUT2D eigenvalue weighted by atomic mass is 9.89. The van der Waals surface area contributed by atoms with Crippen LogP contribution in [0.3, 0.4) is 0 Å². The maximum Gasteiger partial charge on any atom is 0.115 e. The minimum absolute atomic E-state index is 0.385. The van der Waals surface area contributed by atoms with Gasteiger partial charge in [-0.1, -0.05) is 63.5 Å². The third kappa shape index (κ3) is 4.36. The second kappa shape index (κ2) is 7.45. The molecule has 100 valence electrons. The summed E-state index contributed by atoms with van der Waals surface area (Å²) in [6.45, 7) is 0. The smallest absolute Gasteiger partial charge is 0.115 e. The van der Waals surface area contributed by atoms with Crippen LogP contribution >= 0.6 is 0 Å². The fraction of sp³-hybridized carbons (Fsp3) is 0.647. The van der Waals surface area contributed by atoms with Gasteiger partial charge in [0.05, 0.1) is 0 Å². The molecule has 1 nitrogen and oxygen atoms in total. The zero-order valence-corrected chi connectivity index (χ0v) is 11.4. The molecule has 1 aromatic rings. The first-order valence-electron chi connectivity index (χ1n) is 7.65. The molecule has 0 atom stereocenters. The first-order chi connectivity index (χ1) is 8.86. The lowest BCUT2D eigenvalue weighted by Crippen LogP contribution is -1.99. The highest BCUT2D eigenvalue weighted by molar-refractivity contribution is 5.28. The summed E-state index contributed by atoms with van der Waals surface area (Å²) in [6, 6.07) is 7.89. The molecular weight excluding hydrogens is 220 g/mol. The van der Waals surface area contributed by atoms with Crippen molar-refractivity contribution in [3.05, 3.63) is 29.8 Å². The maximum atomic E-state index is 9.37. The topological polar surface area (TPSA) is 20.2 Å². The van der Waals surface area contributed by atoms with Crippen molar-refractivity contribution >= 4 is 0 Å². The maximum absolute atomic E-state index is 9.37. The Morgan fingerprint density at radius 2 is 1.11 bits per heavy atom. The van der Waals surface area contributed by atoms with Gasteiger partial charge in [0.15, 0.2) is 0 Å². The largest absolute Gasteiger partial charge is 0.508 e. The SMILES string of the molecule is Oc1ccc(C2CCCCCCCCCC2)cc1. The van der Waals surface area contributed by atoms with Crippen LogP contribution in [0.5, 0.6) is 5.75 Å². The molecule has 1 aliphatic rings. The zero-order valence-electron chi connectivity index (χ0n) is 11.4. The molecule has 0 saturated heterocycles. The van der Waals surface area contributed by atoms with Gasteiger partial charge in [0, 0.05) is 0 Å².